The van der Waals surface area contributed by atoms with Gasteiger partial charge >= 0.3 is 0 Å². The van der Waals surface area contributed by atoms with E-state index in [-0.39, 0.29) is 0 Å². The Kier molecular flexibility index (Phi) is 3.77. The third-order valence-electron chi connectivity index (χ3n) is 4.10. The van der Waals surface area contributed by atoms with E-state index in [0.717, 1.165) is 25.2 Å². The normalized spacial score (nSPS) is 18.2. The number of anilines is 1. The van der Waals surface area contributed by atoms with Crippen LogP contribution in [0.15, 0.2) is 18.6 Å². The van der Waals surface area contributed by atoms with Gasteiger partial charge in [0, 0.05) is 30.9 Å². The summed E-state index contributed by atoms with van der Waals surface area (Å²) >= 11 is 0. The molecule has 0 radical (unpaired) electrons. The summed E-state index contributed by atoms with van der Waals surface area (Å²) in [5.74, 6) is 1.57. The van der Waals surface area contributed by atoms with E-state index in [4.69, 9.17) is 4.74 Å². The van der Waals surface area contributed by atoms with Gasteiger partial charge in [-0.1, -0.05) is 0 Å². The highest BCUT2D eigenvalue weighted by molar-refractivity contribution is 5.46. The summed E-state index contributed by atoms with van der Waals surface area (Å²) in [5.41, 5.74) is 2.50. The smallest absolute Gasteiger partial charge is 0.218 e. The maximum absolute atomic E-state index is 5.48. The van der Waals surface area contributed by atoms with E-state index in [2.05, 4.69) is 26.9 Å². The minimum absolute atomic E-state index is 0.336. The van der Waals surface area contributed by atoms with Crippen LogP contribution in [0.4, 0.5) is 5.82 Å². The predicted octanol–water partition coefficient (Wildman–Crippen LogP) is 2.26. The molecule has 0 spiro atoms. The molecular weight excluding hydrogens is 266 g/mol. The highest BCUT2D eigenvalue weighted by Gasteiger charge is 2.29. The van der Waals surface area contributed by atoms with E-state index in [1.807, 2.05) is 30.9 Å². The Morgan fingerprint density at radius 1 is 1.38 bits per heavy atom. The van der Waals surface area contributed by atoms with Crippen LogP contribution in [0.25, 0.3) is 0 Å². The number of rotatable bonds is 4. The van der Waals surface area contributed by atoms with Gasteiger partial charge in [-0.05, 0) is 26.7 Å². The Morgan fingerprint density at radius 2 is 2.24 bits per heavy atom. The lowest BCUT2D eigenvalue weighted by Crippen LogP contribution is -2.24. The molecule has 1 fully saturated rings. The first-order valence-corrected chi connectivity index (χ1v) is 7.40. The number of ether oxygens (including phenoxy) is 1. The number of hydrogen-bond donors (Lipinski definition) is 0. The van der Waals surface area contributed by atoms with Crippen molar-refractivity contribution in [2.24, 2.45) is 7.05 Å². The molecule has 3 heterocycles. The minimum atomic E-state index is 0.336. The number of aryl methyl sites for hydroxylation is 1. The van der Waals surface area contributed by atoms with Crippen molar-refractivity contribution in [1.82, 2.24) is 19.7 Å². The van der Waals surface area contributed by atoms with Gasteiger partial charge in [0.25, 0.3) is 0 Å². The average Bonchev–Trinajstić information content (AvgIpc) is 3.08. The molecule has 1 aliphatic rings. The van der Waals surface area contributed by atoms with Gasteiger partial charge in [0.15, 0.2) is 0 Å². The van der Waals surface area contributed by atoms with Crippen molar-refractivity contribution >= 4 is 5.82 Å². The molecule has 1 saturated heterocycles. The van der Waals surface area contributed by atoms with Crippen molar-refractivity contribution in [2.45, 2.75) is 32.7 Å². The van der Waals surface area contributed by atoms with Crippen LogP contribution in [0.1, 0.15) is 37.1 Å². The molecule has 1 aliphatic heterocycles. The summed E-state index contributed by atoms with van der Waals surface area (Å²) in [6, 6.07) is 2.26. The Balaban J connectivity index is 1.90. The maximum Gasteiger partial charge on any atom is 0.218 e. The molecule has 6 heteroatoms. The van der Waals surface area contributed by atoms with E-state index in [1.165, 1.54) is 11.3 Å². The fourth-order valence-electron chi connectivity index (χ4n) is 2.92. The number of aromatic nitrogens is 4. The van der Waals surface area contributed by atoms with Crippen molar-refractivity contribution < 1.29 is 4.74 Å². The lowest BCUT2D eigenvalue weighted by atomic mass is 10.1. The van der Waals surface area contributed by atoms with Crippen LogP contribution in [-0.2, 0) is 7.05 Å². The lowest BCUT2D eigenvalue weighted by molar-refractivity contribution is 0.326. The van der Waals surface area contributed by atoms with Gasteiger partial charge in [-0.25, -0.2) is 9.97 Å². The van der Waals surface area contributed by atoms with E-state index in [1.54, 1.807) is 6.33 Å². The molecule has 21 heavy (non-hydrogen) atoms. The molecule has 2 aromatic heterocycles. The first-order valence-electron chi connectivity index (χ1n) is 7.40. The molecular formula is C15H21N5O. The standard InChI is InChI=1S/C15H21N5O/c1-4-21-15-8-14(16-10-17-15)20-7-5-6-13(20)12-9-18-19(3)11(12)2/h8-10,13H,4-7H2,1-3H3/t13-/m1/s1. The topological polar surface area (TPSA) is 56.1 Å². The zero-order chi connectivity index (χ0) is 14.8. The van der Waals surface area contributed by atoms with Crippen LogP contribution in [0, 0.1) is 6.92 Å². The first-order chi connectivity index (χ1) is 10.2. The molecule has 112 valence electrons. The number of hydrogen-bond acceptors (Lipinski definition) is 5. The van der Waals surface area contributed by atoms with Crippen LogP contribution >= 0.6 is 0 Å². The van der Waals surface area contributed by atoms with Crippen molar-refractivity contribution in [3.63, 3.8) is 0 Å². The lowest BCUT2D eigenvalue weighted by Gasteiger charge is -2.25. The van der Waals surface area contributed by atoms with Gasteiger partial charge in [-0.15, -0.1) is 0 Å². The molecule has 1 atom stereocenters. The third-order valence-corrected chi connectivity index (χ3v) is 4.10. The Bertz CT molecular complexity index is 624. The van der Waals surface area contributed by atoms with Crippen LogP contribution in [0.2, 0.25) is 0 Å². The molecule has 0 bridgehead atoms. The summed E-state index contributed by atoms with van der Waals surface area (Å²) < 4.78 is 7.41. The molecule has 0 N–H and O–H groups in total. The van der Waals surface area contributed by atoms with E-state index in [9.17, 15) is 0 Å². The van der Waals surface area contributed by atoms with Gasteiger partial charge in [-0.3, -0.25) is 4.68 Å². The van der Waals surface area contributed by atoms with Crippen molar-refractivity contribution in [3.05, 3.63) is 29.8 Å². The Labute approximate surface area is 124 Å². The zero-order valence-electron chi connectivity index (χ0n) is 12.8. The molecule has 0 aliphatic carbocycles. The predicted molar refractivity (Wildman–Crippen MR) is 80.5 cm³/mol. The average molecular weight is 287 g/mol. The summed E-state index contributed by atoms with van der Waals surface area (Å²) in [4.78, 5) is 10.9. The van der Waals surface area contributed by atoms with Gasteiger partial charge in [-0.2, -0.15) is 5.10 Å². The van der Waals surface area contributed by atoms with Gasteiger partial charge in [0.2, 0.25) is 5.88 Å². The largest absolute Gasteiger partial charge is 0.478 e. The van der Waals surface area contributed by atoms with Crippen molar-refractivity contribution in [3.8, 4) is 5.88 Å². The molecule has 0 amide bonds. The monoisotopic (exact) mass is 287 g/mol. The second-order valence-corrected chi connectivity index (χ2v) is 5.31. The molecule has 0 aromatic carbocycles. The van der Waals surface area contributed by atoms with E-state index in [0.29, 0.717) is 18.5 Å². The molecule has 0 unspecified atom stereocenters. The molecule has 2 aromatic rings. The summed E-state index contributed by atoms with van der Waals surface area (Å²) in [6.07, 6.45) is 5.84. The fraction of sp³-hybridized carbons (Fsp3) is 0.533. The first kappa shape index (κ1) is 13.9. The SMILES string of the molecule is CCOc1cc(N2CCC[C@@H]2c2cnn(C)c2C)ncn1. The highest BCUT2D eigenvalue weighted by atomic mass is 16.5. The highest BCUT2D eigenvalue weighted by Crippen LogP contribution is 2.36. The minimum Gasteiger partial charge on any atom is -0.478 e. The summed E-state index contributed by atoms with van der Waals surface area (Å²) in [7, 11) is 1.98. The van der Waals surface area contributed by atoms with Crippen molar-refractivity contribution in [1.29, 1.82) is 0 Å². The van der Waals surface area contributed by atoms with Crippen LogP contribution < -0.4 is 9.64 Å². The van der Waals surface area contributed by atoms with Crippen LogP contribution in [0.3, 0.4) is 0 Å². The third kappa shape index (κ3) is 2.57. The molecule has 0 saturated carbocycles. The molecule has 6 nitrogen and oxygen atoms in total. The van der Waals surface area contributed by atoms with Gasteiger partial charge in [0.05, 0.1) is 18.8 Å². The summed E-state index contributed by atoms with van der Waals surface area (Å²) in [5, 5.41) is 4.37. The van der Waals surface area contributed by atoms with E-state index >= 15 is 0 Å². The molecule has 3 rings (SSSR count). The van der Waals surface area contributed by atoms with E-state index < -0.39 is 0 Å². The van der Waals surface area contributed by atoms with Crippen LogP contribution in [0.5, 0.6) is 5.88 Å². The van der Waals surface area contributed by atoms with Gasteiger partial charge in [0.1, 0.15) is 12.1 Å². The quantitative estimate of drug-likeness (QED) is 0.863. The van der Waals surface area contributed by atoms with Gasteiger partial charge < -0.3 is 9.64 Å². The second-order valence-electron chi connectivity index (χ2n) is 5.31. The second kappa shape index (κ2) is 5.71. The fourth-order valence-corrected chi connectivity index (χ4v) is 2.92. The number of nitrogens with zero attached hydrogens (tertiary/aromatic N) is 5. The Morgan fingerprint density at radius 3 is 2.95 bits per heavy atom. The zero-order valence-corrected chi connectivity index (χ0v) is 12.8. The van der Waals surface area contributed by atoms with Crippen LogP contribution in [-0.4, -0.2) is 32.9 Å². The summed E-state index contributed by atoms with van der Waals surface area (Å²) in [6.45, 7) is 5.69. The Hall–Kier alpha value is -2.11. The van der Waals surface area contributed by atoms with Crippen molar-refractivity contribution in [2.75, 3.05) is 18.1 Å². The maximum atomic E-state index is 5.48.